The normalized spacial score (nSPS) is 32.3. The highest BCUT2D eigenvalue weighted by molar-refractivity contribution is 5.68. The Kier molecular flexibility index (Phi) is 4.17. The van der Waals surface area contributed by atoms with E-state index in [2.05, 4.69) is 33.8 Å². The van der Waals surface area contributed by atoms with Gasteiger partial charge in [0.1, 0.15) is 5.75 Å². The lowest BCUT2D eigenvalue weighted by molar-refractivity contribution is -0.142. The van der Waals surface area contributed by atoms with Crippen LogP contribution in [0.5, 0.6) is 5.75 Å². The van der Waals surface area contributed by atoms with Crippen LogP contribution in [0.25, 0.3) is 0 Å². The second kappa shape index (κ2) is 5.79. The minimum atomic E-state index is -0.689. The second-order valence-electron chi connectivity index (χ2n) is 8.81. The maximum atomic E-state index is 11.4. The molecule has 1 unspecified atom stereocenters. The fraction of sp³-hybridized carbons (Fsp3) is 0.667. The molecule has 24 heavy (non-hydrogen) atoms. The van der Waals surface area contributed by atoms with Crippen LogP contribution in [0.2, 0.25) is 0 Å². The summed E-state index contributed by atoms with van der Waals surface area (Å²) in [4.78, 5) is 11.4. The van der Waals surface area contributed by atoms with Gasteiger partial charge >= 0.3 is 5.97 Å². The SMILES string of the molecule is CC(C)c1cc2c(cc1O)[C@@]1(C)CCC[C@](C)(CC(=O)O)C1CC2. The number of hydrogen-bond acceptors (Lipinski definition) is 2. The maximum absolute atomic E-state index is 11.4. The van der Waals surface area contributed by atoms with Crippen molar-refractivity contribution in [1.29, 1.82) is 0 Å². The Bertz CT molecular complexity index is 663. The van der Waals surface area contributed by atoms with Gasteiger partial charge in [-0.3, -0.25) is 4.79 Å². The molecule has 0 amide bonds. The first-order valence-corrected chi connectivity index (χ1v) is 9.25. The summed E-state index contributed by atoms with van der Waals surface area (Å²) >= 11 is 0. The highest BCUT2D eigenvalue weighted by atomic mass is 16.4. The number of aliphatic carboxylic acids is 1. The number of aromatic hydroxyl groups is 1. The topological polar surface area (TPSA) is 57.5 Å². The van der Waals surface area contributed by atoms with E-state index in [0.717, 1.165) is 37.7 Å². The minimum absolute atomic E-state index is 0.0248. The van der Waals surface area contributed by atoms with E-state index in [9.17, 15) is 15.0 Å². The van der Waals surface area contributed by atoms with Gasteiger partial charge in [-0.1, -0.05) is 40.2 Å². The highest BCUT2D eigenvalue weighted by Crippen LogP contribution is 2.59. The van der Waals surface area contributed by atoms with Crippen LogP contribution >= 0.6 is 0 Å². The zero-order valence-corrected chi connectivity index (χ0v) is 15.4. The molecule has 0 radical (unpaired) electrons. The molecule has 0 aliphatic heterocycles. The molecule has 0 saturated heterocycles. The molecular formula is C21H30O3. The maximum Gasteiger partial charge on any atom is 0.303 e. The van der Waals surface area contributed by atoms with Crippen molar-refractivity contribution in [3.05, 3.63) is 28.8 Å². The molecular weight excluding hydrogens is 300 g/mol. The fourth-order valence-corrected chi connectivity index (χ4v) is 5.68. The first kappa shape index (κ1) is 17.3. The third kappa shape index (κ3) is 2.62. The molecule has 3 atom stereocenters. The van der Waals surface area contributed by atoms with E-state index >= 15 is 0 Å². The molecule has 2 aliphatic carbocycles. The number of fused-ring (bicyclic) bond motifs is 3. The van der Waals surface area contributed by atoms with Crippen LogP contribution in [-0.2, 0) is 16.6 Å². The van der Waals surface area contributed by atoms with Crippen molar-refractivity contribution in [3.63, 3.8) is 0 Å². The largest absolute Gasteiger partial charge is 0.508 e. The highest BCUT2D eigenvalue weighted by Gasteiger charge is 2.52. The third-order valence-electron chi connectivity index (χ3n) is 6.80. The zero-order chi connectivity index (χ0) is 17.7. The Balaban J connectivity index is 2.07. The molecule has 2 aliphatic rings. The van der Waals surface area contributed by atoms with Gasteiger partial charge in [-0.25, -0.2) is 0 Å². The van der Waals surface area contributed by atoms with Gasteiger partial charge < -0.3 is 10.2 Å². The number of carboxylic acid groups (broad SMARTS) is 1. The van der Waals surface area contributed by atoms with Gasteiger partial charge in [0.15, 0.2) is 0 Å². The van der Waals surface area contributed by atoms with Crippen molar-refractivity contribution >= 4 is 5.97 Å². The van der Waals surface area contributed by atoms with Crippen LogP contribution in [0.15, 0.2) is 12.1 Å². The fourth-order valence-electron chi connectivity index (χ4n) is 5.68. The van der Waals surface area contributed by atoms with Crippen molar-refractivity contribution in [2.75, 3.05) is 0 Å². The second-order valence-corrected chi connectivity index (χ2v) is 8.81. The van der Waals surface area contributed by atoms with Crippen LogP contribution in [0, 0.1) is 11.3 Å². The number of phenolic OH excluding ortho intramolecular Hbond substituents is 1. The Hall–Kier alpha value is -1.51. The average molecular weight is 330 g/mol. The molecule has 0 bridgehead atoms. The van der Waals surface area contributed by atoms with Gasteiger partial charge in [0.25, 0.3) is 0 Å². The monoisotopic (exact) mass is 330 g/mol. The summed E-state index contributed by atoms with van der Waals surface area (Å²) in [6.45, 7) is 8.68. The smallest absolute Gasteiger partial charge is 0.303 e. The molecule has 3 heteroatoms. The van der Waals surface area contributed by atoms with Crippen LogP contribution in [0.4, 0.5) is 0 Å². The summed E-state index contributed by atoms with van der Waals surface area (Å²) in [6.07, 6.45) is 5.42. The number of carbonyl (C=O) groups is 1. The summed E-state index contributed by atoms with van der Waals surface area (Å²) in [5, 5.41) is 19.9. The van der Waals surface area contributed by atoms with E-state index in [1.54, 1.807) is 0 Å². The van der Waals surface area contributed by atoms with Gasteiger partial charge in [-0.2, -0.15) is 0 Å². The van der Waals surface area contributed by atoms with Crippen molar-refractivity contribution < 1.29 is 15.0 Å². The molecule has 0 spiro atoms. The quantitative estimate of drug-likeness (QED) is 0.820. The summed E-state index contributed by atoms with van der Waals surface area (Å²) < 4.78 is 0. The van der Waals surface area contributed by atoms with Crippen molar-refractivity contribution in [2.24, 2.45) is 11.3 Å². The molecule has 0 heterocycles. The number of phenols is 1. The van der Waals surface area contributed by atoms with E-state index in [4.69, 9.17) is 0 Å². The lowest BCUT2D eigenvalue weighted by Gasteiger charge is -2.55. The number of benzene rings is 1. The Morgan fingerprint density at radius 1 is 1.29 bits per heavy atom. The van der Waals surface area contributed by atoms with Crippen LogP contribution in [0.3, 0.4) is 0 Å². The molecule has 3 rings (SSSR count). The van der Waals surface area contributed by atoms with E-state index in [1.807, 2.05) is 6.07 Å². The molecule has 1 aromatic rings. The lowest BCUT2D eigenvalue weighted by Crippen LogP contribution is -2.49. The van der Waals surface area contributed by atoms with E-state index in [1.165, 1.54) is 11.1 Å². The predicted molar refractivity (Wildman–Crippen MR) is 95.6 cm³/mol. The Labute approximate surface area is 145 Å². The van der Waals surface area contributed by atoms with Crippen LogP contribution in [0.1, 0.15) is 82.4 Å². The third-order valence-corrected chi connectivity index (χ3v) is 6.80. The Morgan fingerprint density at radius 2 is 2.00 bits per heavy atom. The molecule has 132 valence electrons. The summed E-state index contributed by atoms with van der Waals surface area (Å²) in [5.74, 6) is 0.387. The molecule has 1 fully saturated rings. The first-order chi connectivity index (χ1) is 11.2. The number of rotatable bonds is 3. The zero-order valence-electron chi connectivity index (χ0n) is 15.4. The van der Waals surface area contributed by atoms with E-state index < -0.39 is 5.97 Å². The van der Waals surface area contributed by atoms with Crippen LogP contribution < -0.4 is 0 Å². The van der Waals surface area contributed by atoms with E-state index in [-0.39, 0.29) is 17.3 Å². The summed E-state index contributed by atoms with van der Waals surface area (Å²) in [5.41, 5.74) is 3.47. The van der Waals surface area contributed by atoms with Gasteiger partial charge in [-0.05, 0) is 71.1 Å². The van der Waals surface area contributed by atoms with Gasteiger partial charge in [0.05, 0.1) is 6.42 Å². The minimum Gasteiger partial charge on any atom is -0.508 e. The first-order valence-electron chi connectivity index (χ1n) is 9.25. The predicted octanol–water partition coefficient (Wildman–Crippen LogP) is 5.00. The molecule has 1 aromatic carbocycles. The number of hydrogen-bond donors (Lipinski definition) is 2. The molecule has 0 aromatic heterocycles. The van der Waals surface area contributed by atoms with E-state index in [0.29, 0.717) is 17.6 Å². The Morgan fingerprint density at radius 3 is 2.62 bits per heavy atom. The van der Waals surface area contributed by atoms with Gasteiger partial charge in [0.2, 0.25) is 0 Å². The van der Waals surface area contributed by atoms with Crippen molar-refractivity contribution in [1.82, 2.24) is 0 Å². The standard InChI is InChI=1S/C21H30O3/c1-13(2)15-10-14-6-7-18-20(3,12-19(23)24)8-5-9-21(18,4)16(14)11-17(15)22/h10-11,13,18,22H,5-9,12H2,1-4H3,(H,23,24)/t18?,20-,21-/m1/s1. The summed E-state index contributed by atoms with van der Waals surface area (Å²) in [6, 6.07) is 4.18. The van der Waals surface area contributed by atoms with Crippen LogP contribution in [-0.4, -0.2) is 16.2 Å². The molecule has 3 nitrogen and oxygen atoms in total. The van der Waals surface area contributed by atoms with Gasteiger partial charge in [-0.15, -0.1) is 0 Å². The average Bonchev–Trinajstić information content (AvgIpc) is 2.45. The molecule has 1 saturated carbocycles. The summed E-state index contributed by atoms with van der Waals surface area (Å²) in [7, 11) is 0. The molecule has 2 N–H and O–H groups in total. The van der Waals surface area contributed by atoms with Crippen molar-refractivity contribution in [2.45, 2.75) is 77.6 Å². The van der Waals surface area contributed by atoms with Gasteiger partial charge in [0, 0.05) is 0 Å². The number of aryl methyl sites for hydroxylation is 1. The lowest BCUT2D eigenvalue weighted by atomic mass is 9.49. The van der Waals surface area contributed by atoms with Crippen molar-refractivity contribution in [3.8, 4) is 5.75 Å². The number of carboxylic acids is 1.